The van der Waals surface area contributed by atoms with E-state index in [1.165, 1.54) is 13.3 Å². The predicted octanol–water partition coefficient (Wildman–Crippen LogP) is -0.467. The summed E-state index contributed by atoms with van der Waals surface area (Å²) in [7, 11) is 1.49. The number of carbonyl (C=O) groups is 3. The first kappa shape index (κ1) is 18.8. The number of furan rings is 1. The molecule has 3 aromatic rings. The fourth-order valence-electron chi connectivity index (χ4n) is 2.55. The summed E-state index contributed by atoms with van der Waals surface area (Å²) >= 11 is 0. The summed E-state index contributed by atoms with van der Waals surface area (Å²) in [5.74, 6) is -2.07. The first-order chi connectivity index (χ1) is 13.5. The van der Waals surface area contributed by atoms with Gasteiger partial charge < -0.3 is 9.73 Å². The summed E-state index contributed by atoms with van der Waals surface area (Å²) in [5, 5.41) is 7.43. The highest BCUT2D eigenvalue weighted by Gasteiger charge is 2.16. The summed E-state index contributed by atoms with van der Waals surface area (Å²) in [4.78, 5) is 47.7. The molecule has 1 aromatic carbocycles. The van der Waals surface area contributed by atoms with Crippen LogP contribution in [0.2, 0.25) is 0 Å². The van der Waals surface area contributed by atoms with Crippen LogP contribution >= 0.6 is 0 Å². The Balaban J connectivity index is 1.58. The monoisotopic (exact) mass is 383 g/mol. The normalized spacial score (nSPS) is 10.5. The third-order valence-electron chi connectivity index (χ3n) is 3.89. The maximum atomic E-state index is 12.1. The van der Waals surface area contributed by atoms with Crippen LogP contribution in [-0.2, 0) is 34.4 Å². The van der Waals surface area contributed by atoms with E-state index >= 15 is 0 Å². The minimum absolute atomic E-state index is 0.0428. The van der Waals surface area contributed by atoms with Crippen molar-refractivity contribution in [1.82, 2.24) is 25.9 Å². The Morgan fingerprint density at radius 2 is 1.79 bits per heavy atom. The van der Waals surface area contributed by atoms with Gasteiger partial charge in [-0.15, -0.1) is 0 Å². The number of rotatable bonds is 4. The fraction of sp³-hybridized carbons (Fsp3) is 0.167. The second-order valence-electron chi connectivity index (χ2n) is 5.86. The van der Waals surface area contributed by atoms with Crippen molar-refractivity contribution >= 4 is 28.5 Å². The minimum atomic E-state index is -1.03. The molecule has 0 spiro atoms. The van der Waals surface area contributed by atoms with E-state index in [2.05, 4.69) is 15.8 Å². The van der Waals surface area contributed by atoms with Gasteiger partial charge in [-0.1, -0.05) is 18.2 Å². The Bertz CT molecular complexity index is 1090. The number of hydrazine groups is 1. The van der Waals surface area contributed by atoms with Gasteiger partial charge in [0.1, 0.15) is 5.76 Å². The number of nitrogens with zero attached hydrogens (tertiary/aromatic N) is 2. The molecular formula is C18H17N5O5. The van der Waals surface area contributed by atoms with E-state index in [1.807, 2.05) is 5.43 Å². The molecule has 28 heavy (non-hydrogen) atoms. The van der Waals surface area contributed by atoms with Gasteiger partial charge in [0.25, 0.3) is 5.56 Å². The van der Waals surface area contributed by atoms with Gasteiger partial charge in [-0.2, -0.15) is 5.10 Å². The highest BCUT2D eigenvalue weighted by atomic mass is 16.3. The largest absolute Gasteiger partial charge is 0.467 e. The summed E-state index contributed by atoms with van der Waals surface area (Å²) in [6.45, 7) is 0.0428. The molecule has 10 heteroatoms. The molecule has 0 radical (unpaired) electrons. The molecule has 10 nitrogen and oxygen atoms in total. The van der Waals surface area contributed by atoms with Gasteiger partial charge >= 0.3 is 11.8 Å². The van der Waals surface area contributed by atoms with Gasteiger partial charge in [-0.3, -0.25) is 30.0 Å². The zero-order valence-corrected chi connectivity index (χ0v) is 14.9. The average Bonchev–Trinajstić information content (AvgIpc) is 3.22. The Morgan fingerprint density at radius 1 is 1.04 bits per heavy atom. The number of benzene rings is 1. The zero-order valence-electron chi connectivity index (χ0n) is 14.9. The predicted molar refractivity (Wildman–Crippen MR) is 97.5 cm³/mol. The van der Waals surface area contributed by atoms with Gasteiger partial charge in [0.2, 0.25) is 5.91 Å². The zero-order chi connectivity index (χ0) is 20.1. The molecule has 0 aliphatic carbocycles. The molecule has 0 aliphatic heterocycles. The maximum absolute atomic E-state index is 12.1. The Hall–Kier alpha value is -3.95. The lowest BCUT2D eigenvalue weighted by Gasteiger charge is -2.09. The molecule has 0 saturated heterocycles. The molecule has 0 aliphatic rings. The highest BCUT2D eigenvalue weighted by Crippen LogP contribution is 2.13. The molecule has 144 valence electrons. The lowest BCUT2D eigenvalue weighted by molar-refractivity contribution is -0.141. The van der Waals surface area contributed by atoms with Crippen molar-refractivity contribution in [2.75, 3.05) is 0 Å². The number of amides is 3. The van der Waals surface area contributed by atoms with E-state index in [9.17, 15) is 19.2 Å². The van der Waals surface area contributed by atoms with E-state index in [0.717, 1.165) is 4.68 Å². The van der Waals surface area contributed by atoms with Crippen molar-refractivity contribution in [2.45, 2.75) is 13.0 Å². The molecule has 2 aromatic heterocycles. The quantitative estimate of drug-likeness (QED) is 0.412. The third kappa shape index (κ3) is 4.23. The summed E-state index contributed by atoms with van der Waals surface area (Å²) < 4.78 is 6.18. The number of aromatic nitrogens is 2. The number of hydrogen-bond acceptors (Lipinski definition) is 6. The Morgan fingerprint density at radius 3 is 2.50 bits per heavy atom. The molecule has 3 amide bonds. The number of fused-ring (bicyclic) bond motifs is 1. The average molecular weight is 383 g/mol. The van der Waals surface area contributed by atoms with Crippen LogP contribution in [0, 0.1) is 0 Å². The van der Waals surface area contributed by atoms with E-state index < -0.39 is 17.7 Å². The maximum Gasteiger partial charge on any atom is 0.327 e. The van der Waals surface area contributed by atoms with E-state index in [0.29, 0.717) is 22.2 Å². The molecule has 0 saturated carbocycles. The van der Waals surface area contributed by atoms with Gasteiger partial charge in [-0.25, -0.2) is 4.68 Å². The molecule has 3 N–H and O–H groups in total. The van der Waals surface area contributed by atoms with Crippen LogP contribution < -0.4 is 21.7 Å². The molecule has 0 fully saturated rings. The van der Waals surface area contributed by atoms with Crippen molar-refractivity contribution in [3.05, 3.63) is 64.5 Å². The van der Waals surface area contributed by atoms with Crippen molar-refractivity contribution < 1.29 is 18.8 Å². The standard InChI is InChI=1S/C18H17N5O5/c1-23-18(27)13-7-3-2-6-12(13)14(22-23)9-15(24)20-21-17(26)16(25)19-10-11-5-4-8-28-11/h2-8H,9-10H2,1H3,(H,19,25)(H,20,24)(H,21,26). The molecule has 3 rings (SSSR count). The topological polar surface area (TPSA) is 135 Å². The smallest absolute Gasteiger partial charge is 0.327 e. The third-order valence-corrected chi connectivity index (χ3v) is 3.89. The van der Waals surface area contributed by atoms with E-state index in [-0.39, 0.29) is 18.5 Å². The van der Waals surface area contributed by atoms with Gasteiger partial charge in [0.05, 0.1) is 30.3 Å². The number of aryl methyl sites for hydroxylation is 1. The summed E-state index contributed by atoms with van der Waals surface area (Å²) in [5.41, 5.74) is 4.27. The number of hydrogen-bond donors (Lipinski definition) is 3. The van der Waals surface area contributed by atoms with Crippen LogP contribution in [0.15, 0.2) is 51.9 Å². The van der Waals surface area contributed by atoms with Gasteiger partial charge in [0, 0.05) is 12.4 Å². The molecule has 0 atom stereocenters. The summed E-state index contributed by atoms with van der Waals surface area (Å²) in [6, 6.07) is 10.1. The first-order valence-corrected chi connectivity index (χ1v) is 8.30. The van der Waals surface area contributed by atoms with Crippen LogP contribution in [0.25, 0.3) is 10.8 Å². The van der Waals surface area contributed by atoms with Gasteiger partial charge in [0.15, 0.2) is 0 Å². The van der Waals surface area contributed by atoms with E-state index in [4.69, 9.17) is 4.42 Å². The molecule has 0 unspecified atom stereocenters. The fourth-order valence-corrected chi connectivity index (χ4v) is 2.55. The molecule has 0 bridgehead atoms. The molecular weight excluding hydrogens is 366 g/mol. The summed E-state index contributed by atoms with van der Waals surface area (Å²) in [6.07, 6.45) is 1.25. The van der Waals surface area contributed by atoms with Gasteiger partial charge in [-0.05, 0) is 18.2 Å². The second-order valence-corrected chi connectivity index (χ2v) is 5.86. The van der Waals surface area contributed by atoms with Crippen LogP contribution in [0.5, 0.6) is 0 Å². The van der Waals surface area contributed by atoms with Crippen molar-refractivity contribution in [3.63, 3.8) is 0 Å². The van der Waals surface area contributed by atoms with Crippen molar-refractivity contribution in [3.8, 4) is 0 Å². The second kappa shape index (κ2) is 8.16. The van der Waals surface area contributed by atoms with Crippen LogP contribution in [0.3, 0.4) is 0 Å². The van der Waals surface area contributed by atoms with Crippen molar-refractivity contribution in [2.24, 2.45) is 7.05 Å². The number of nitrogens with one attached hydrogen (secondary N) is 3. The SMILES string of the molecule is Cn1nc(CC(=O)NNC(=O)C(=O)NCc2ccco2)c2ccccc2c1=O. The lowest BCUT2D eigenvalue weighted by atomic mass is 10.1. The number of carbonyl (C=O) groups excluding carboxylic acids is 3. The first-order valence-electron chi connectivity index (χ1n) is 8.30. The minimum Gasteiger partial charge on any atom is -0.467 e. The molecule has 2 heterocycles. The van der Waals surface area contributed by atoms with Crippen molar-refractivity contribution in [1.29, 1.82) is 0 Å². The lowest BCUT2D eigenvalue weighted by Crippen LogP contribution is -2.48. The Labute approximate surface area is 158 Å². The van der Waals surface area contributed by atoms with Crippen LogP contribution in [0.4, 0.5) is 0 Å². The highest BCUT2D eigenvalue weighted by molar-refractivity contribution is 6.35. The van der Waals surface area contributed by atoms with Crippen LogP contribution in [0.1, 0.15) is 11.5 Å². The van der Waals surface area contributed by atoms with Crippen LogP contribution in [-0.4, -0.2) is 27.5 Å². The Kier molecular flexibility index (Phi) is 5.49. The van der Waals surface area contributed by atoms with E-state index in [1.54, 1.807) is 36.4 Å².